The Labute approximate surface area is 110 Å². The van der Waals surface area contributed by atoms with Crippen LogP contribution in [0.1, 0.15) is 38.3 Å². The SMILES string of the molecule is CC(C)C(C)(O)C1(CN)CCc2ccccc2C1. The van der Waals surface area contributed by atoms with Crippen molar-refractivity contribution in [3.05, 3.63) is 35.4 Å². The van der Waals surface area contributed by atoms with Crippen molar-refractivity contribution in [1.82, 2.24) is 0 Å². The van der Waals surface area contributed by atoms with Crippen LogP contribution in [0.4, 0.5) is 0 Å². The van der Waals surface area contributed by atoms with Crippen LogP contribution in [0.15, 0.2) is 24.3 Å². The van der Waals surface area contributed by atoms with Crippen LogP contribution in [0.5, 0.6) is 0 Å². The Hall–Kier alpha value is -0.860. The molecule has 100 valence electrons. The molecule has 0 aliphatic heterocycles. The summed E-state index contributed by atoms with van der Waals surface area (Å²) in [5, 5.41) is 10.9. The third-order valence-electron chi connectivity index (χ3n) is 5.11. The van der Waals surface area contributed by atoms with Gasteiger partial charge in [0.15, 0.2) is 0 Å². The van der Waals surface area contributed by atoms with Gasteiger partial charge in [0.25, 0.3) is 0 Å². The van der Waals surface area contributed by atoms with Gasteiger partial charge in [-0.05, 0) is 43.2 Å². The van der Waals surface area contributed by atoms with Crippen molar-refractivity contribution in [1.29, 1.82) is 0 Å². The average molecular weight is 247 g/mol. The number of fused-ring (bicyclic) bond motifs is 1. The fourth-order valence-corrected chi connectivity index (χ4v) is 3.23. The van der Waals surface area contributed by atoms with Crippen molar-refractivity contribution in [2.45, 2.75) is 45.6 Å². The standard InChI is InChI=1S/C16H25NO/c1-12(2)15(3,18)16(11-17)9-8-13-6-4-5-7-14(13)10-16/h4-7,12,18H,8-11,17H2,1-3H3. The number of hydrogen-bond acceptors (Lipinski definition) is 2. The molecule has 0 amide bonds. The minimum atomic E-state index is -0.713. The Kier molecular flexibility index (Phi) is 3.52. The summed E-state index contributed by atoms with van der Waals surface area (Å²) in [7, 11) is 0. The number of rotatable bonds is 3. The third kappa shape index (κ3) is 1.98. The molecule has 2 atom stereocenters. The van der Waals surface area contributed by atoms with Crippen LogP contribution in [0.3, 0.4) is 0 Å². The molecule has 0 saturated carbocycles. The molecule has 0 fully saturated rings. The van der Waals surface area contributed by atoms with Gasteiger partial charge < -0.3 is 10.8 Å². The molecule has 0 aromatic heterocycles. The van der Waals surface area contributed by atoms with Crippen molar-refractivity contribution in [3.8, 4) is 0 Å². The molecule has 0 heterocycles. The van der Waals surface area contributed by atoms with E-state index in [2.05, 4.69) is 38.1 Å². The summed E-state index contributed by atoms with van der Waals surface area (Å²) in [5.74, 6) is 0.214. The molecular weight excluding hydrogens is 222 g/mol. The highest BCUT2D eigenvalue weighted by atomic mass is 16.3. The molecular formula is C16H25NO. The molecule has 2 unspecified atom stereocenters. The van der Waals surface area contributed by atoms with Crippen LogP contribution in [0.2, 0.25) is 0 Å². The van der Waals surface area contributed by atoms with Gasteiger partial charge in [0, 0.05) is 12.0 Å². The molecule has 1 aromatic rings. The van der Waals surface area contributed by atoms with E-state index in [1.54, 1.807) is 0 Å². The van der Waals surface area contributed by atoms with Crippen LogP contribution in [-0.2, 0) is 12.8 Å². The van der Waals surface area contributed by atoms with E-state index in [1.807, 2.05) is 6.92 Å². The second-order valence-electron chi connectivity index (χ2n) is 6.23. The van der Waals surface area contributed by atoms with Crippen molar-refractivity contribution < 1.29 is 5.11 Å². The van der Waals surface area contributed by atoms with Crippen LogP contribution in [-0.4, -0.2) is 17.3 Å². The van der Waals surface area contributed by atoms with Crippen molar-refractivity contribution in [2.24, 2.45) is 17.1 Å². The Morgan fingerprint density at radius 1 is 1.33 bits per heavy atom. The lowest BCUT2D eigenvalue weighted by Gasteiger charge is -2.50. The number of hydrogen-bond donors (Lipinski definition) is 2. The van der Waals surface area contributed by atoms with Crippen LogP contribution >= 0.6 is 0 Å². The van der Waals surface area contributed by atoms with Gasteiger partial charge >= 0.3 is 0 Å². The molecule has 3 N–H and O–H groups in total. The predicted octanol–water partition coefficient (Wildman–Crippen LogP) is 2.53. The lowest BCUT2D eigenvalue weighted by molar-refractivity contribution is -0.107. The Morgan fingerprint density at radius 3 is 2.50 bits per heavy atom. The van der Waals surface area contributed by atoms with Gasteiger partial charge in [0.2, 0.25) is 0 Å². The largest absolute Gasteiger partial charge is 0.389 e. The van der Waals surface area contributed by atoms with E-state index < -0.39 is 5.60 Å². The molecule has 2 nitrogen and oxygen atoms in total. The van der Waals surface area contributed by atoms with E-state index in [0.717, 1.165) is 19.3 Å². The van der Waals surface area contributed by atoms with Gasteiger partial charge in [-0.25, -0.2) is 0 Å². The molecule has 2 rings (SSSR count). The molecule has 2 heteroatoms. The molecule has 1 aliphatic carbocycles. The van der Waals surface area contributed by atoms with Gasteiger partial charge in [-0.2, -0.15) is 0 Å². The summed E-state index contributed by atoms with van der Waals surface area (Å²) in [6, 6.07) is 8.54. The zero-order chi connectivity index (χ0) is 13.4. The molecule has 1 aliphatic rings. The van der Waals surface area contributed by atoms with Gasteiger partial charge in [0.05, 0.1) is 5.60 Å². The van der Waals surface area contributed by atoms with E-state index in [9.17, 15) is 5.11 Å². The van der Waals surface area contributed by atoms with E-state index in [4.69, 9.17) is 5.73 Å². The lowest BCUT2D eigenvalue weighted by Crippen LogP contribution is -2.56. The quantitative estimate of drug-likeness (QED) is 0.862. The molecule has 0 saturated heterocycles. The fraction of sp³-hybridized carbons (Fsp3) is 0.625. The lowest BCUT2D eigenvalue weighted by atomic mass is 9.59. The number of aryl methyl sites for hydroxylation is 1. The fourth-order valence-electron chi connectivity index (χ4n) is 3.23. The molecule has 0 bridgehead atoms. The summed E-state index contributed by atoms with van der Waals surface area (Å²) < 4.78 is 0. The first-order valence-corrected chi connectivity index (χ1v) is 6.92. The maximum atomic E-state index is 10.9. The third-order valence-corrected chi connectivity index (χ3v) is 5.11. The van der Waals surface area contributed by atoms with Crippen molar-refractivity contribution in [2.75, 3.05) is 6.54 Å². The molecule has 0 radical (unpaired) electrons. The maximum absolute atomic E-state index is 10.9. The first-order valence-electron chi connectivity index (χ1n) is 6.92. The van der Waals surface area contributed by atoms with Crippen LogP contribution in [0.25, 0.3) is 0 Å². The number of aliphatic hydroxyl groups is 1. The first-order chi connectivity index (χ1) is 8.43. The predicted molar refractivity (Wildman–Crippen MR) is 75.4 cm³/mol. The first kappa shape index (κ1) is 13.6. The van der Waals surface area contributed by atoms with Gasteiger partial charge in [0.1, 0.15) is 0 Å². The molecule has 1 aromatic carbocycles. The van der Waals surface area contributed by atoms with Gasteiger partial charge in [-0.3, -0.25) is 0 Å². The van der Waals surface area contributed by atoms with Gasteiger partial charge in [-0.1, -0.05) is 38.1 Å². The second-order valence-corrected chi connectivity index (χ2v) is 6.23. The second kappa shape index (κ2) is 4.67. The van der Waals surface area contributed by atoms with Crippen molar-refractivity contribution in [3.63, 3.8) is 0 Å². The summed E-state index contributed by atoms with van der Waals surface area (Å²) >= 11 is 0. The topological polar surface area (TPSA) is 46.2 Å². The highest BCUT2D eigenvalue weighted by Gasteiger charge is 2.49. The normalized spacial score (nSPS) is 26.8. The van der Waals surface area contributed by atoms with E-state index in [1.165, 1.54) is 11.1 Å². The summed E-state index contributed by atoms with van der Waals surface area (Å²) in [4.78, 5) is 0. The molecule has 0 spiro atoms. The smallest absolute Gasteiger partial charge is 0.0713 e. The zero-order valence-corrected chi connectivity index (χ0v) is 11.7. The van der Waals surface area contributed by atoms with E-state index in [0.29, 0.717) is 6.54 Å². The van der Waals surface area contributed by atoms with Crippen molar-refractivity contribution >= 4 is 0 Å². The average Bonchev–Trinajstić information content (AvgIpc) is 2.37. The monoisotopic (exact) mass is 247 g/mol. The Balaban J connectivity index is 2.38. The highest BCUT2D eigenvalue weighted by Crippen LogP contribution is 2.46. The Morgan fingerprint density at radius 2 is 1.94 bits per heavy atom. The van der Waals surface area contributed by atoms with Gasteiger partial charge in [-0.15, -0.1) is 0 Å². The Bertz CT molecular complexity index is 425. The minimum absolute atomic E-state index is 0.185. The van der Waals surface area contributed by atoms with Crippen LogP contribution in [0, 0.1) is 11.3 Å². The summed E-state index contributed by atoms with van der Waals surface area (Å²) in [6.45, 7) is 6.67. The zero-order valence-electron chi connectivity index (χ0n) is 11.7. The number of benzene rings is 1. The number of nitrogens with two attached hydrogens (primary N) is 1. The van der Waals surface area contributed by atoms with E-state index >= 15 is 0 Å². The molecule has 18 heavy (non-hydrogen) atoms. The highest BCUT2D eigenvalue weighted by molar-refractivity contribution is 5.32. The maximum Gasteiger partial charge on any atom is 0.0713 e. The summed E-state index contributed by atoms with van der Waals surface area (Å²) in [5.41, 5.74) is 7.94. The van der Waals surface area contributed by atoms with E-state index in [-0.39, 0.29) is 11.3 Å². The minimum Gasteiger partial charge on any atom is -0.389 e. The summed E-state index contributed by atoms with van der Waals surface area (Å²) in [6.07, 6.45) is 2.90. The van der Waals surface area contributed by atoms with Crippen LogP contribution < -0.4 is 5.73 Å².